The number of hydrogen-bond donors (Lipinski definition) is 2. The lowest BCUT2D eigenvalue weighted by Gasteiger charge is -2.12. The lowest BCUT2D eigenvalue weighted by atomic mass is 10.1. The Morgan fingerprint density at radius 2 is 2.04 bits per heavy atom. The Labute approximate surface area is 175 Å². The molecule has 0 bridgehead atoms. The number of aliphatic hydroxyl groups is 1. The summed E-state index contributed by atoms with van der Waals surface area (Å²) in [5.74, 6) is -0.273. The van der Waals surface area contributed by atoms with E-state index in [1.807, 2.05) is 41.1 Å². The monoisotopic (exact) mass is 422 g/mol. The van der Waals surface area contributed by atoms with Crippen LogP contribution in [0.15, 0.2) is 54.7 Å². The number of halogens is 2. The van der Waals surface area contributed by atoms with Crippen LogP contribution in [0.3, 0.4) is 0 Å². The van der Waals surface area contributed by atoms with Gasteiger partial charge in [-0.05, 0) is 42.3 Å². The summed E-state index contributed by atoms with van der Waals surface area (Å²) < 4.78 is 6.69. The molecule has 7 heteroatoms. The Hall–Kier alpha value is -2.05. The summed E-state index contributed by atoms with van der Waals surface area (Å²) in [6, 6.07) is 15.3. The van der Waals surface area contributed by atoms with Gasteiger partial charge in [0.05, 0.1) is 13.2 Å². The first-order chi connectivity index (χ1) is 13.1. The van der Waals surface area contributed by atoms with Crippen LogP contribution in [-0.4, -0.2) is 35.8 Å². The van der Waals surface area contributed by atoms with Crippen molar-refractivity contribution in [1.82, 2.24) is 9.88 Å². The van der Waals surface area contributed by atoms with Gasteiger partial charge in [-0.15, -0.1) is 12.4 Å². The number of nitrogens with zero attached hydrogens (tertiary/aromatic N) is 1. The van der Waals surface area contributed by atoms with Gasteiger partial charge in [0.1, 0.15) is 6.54 Å². The second-order valence-corrected chi connectivity index (χ2v) is 6.84. The number of carbonyl (C=O) groups excluding carboxylic acids is 1. The Bertz CT molecular complexity index is 927. The number of aliphatic hydroxyl groups excluding tert-OH is 1. The van der Waals surface area contributed by atoms with E-state index in [1.165, 1.54) is 7.11 Å². The molecule has 1 heterocycles. The number of rotatable bonds is 8. The molecule has 5 nitrogen and oxygen atoms in total. The second kappa shape index (κ2) is 10.5. The largest absolute Gasteiger partial charge is 0.468 e. The quantitative estimate of drug-likeness (QED) is 0.428. The minimum absolute atomic E-state index is 0. The van der Waals surface area contributed by atoms with Gasteiger partial charge < -0.3 is 19.7 Å². The number of nitrogens with one attached hydrogen (secondary N) is 1. The van der Waals surface area contributed by atoms with Gasteiger partial charge in [0.25, 0.3) is 0 Å². The number of hydrogen-bond acceptors (Lipinski definition) is 4. The van der Waals surface area contributed by atoms with Crippen molar-refractivity contribution in [2.75, 3.05) is 20.2 Å². The van der Waals surface area contributed by atoms with Gasteiger partial charge in [0.15, 0.2) is 0 Å². The number of ether oxygens (including phenoxy) is 1. The molecule has 0 saturated heterocycles. The summed E-state index contributed by atoms with van der Waals surface area (Å²) >= 11 is 5.97. The third-order valence-electron chi connectivity index (χ3n) is 4.54. The average molecular weight is 423 g/mol. The molecule has 3 rings (SSSR count). The van der Waals surface area contributed by atoms with Crippen molar-refractivity contribution >= 4 is 40.9 Å². The molecule has 1 unspecified atom stereocenters. The molecule has 0 saturated carbocycles. The van der Waals surface area contributed by atoms with Crippen LogP contribution < -0.4 is 5.32 Å². The Balaban J connectivity index is 0.00000280. The predicted octanol–water partition coefficient (Wildman–Crippen LogP) is 3.76. The highest BCUT2D eigenvalue weighted by Crippen LogP contribution is 2.22. The molecule has 0 spiro atoms. The highest BCUT2D eigenvalue weighted by molar-refractivity contribution is 6.30. The molecule has 0 aliphatic rings. The molecule has 3 aromatic rings. The van der Waals surface area contributed by atoms with Gasteiger partial charge in [0.2, 0.25) is 0 Å². The van der Waals surface area contributed by atoms with Crippen molar-refractivity contribution in [3.63, 3.8) is 0 Å². The van der Waals surface area contributed by atoms with Crippen molar-refractivity contribution < 1.29 is 14.6 Å². The lowest BCUT2D eigenvalue weighted by molar-refractivity contribution is -0.141. The van der Waals surface area contributed by atoms with Crippen LogP contribution in [0, 0.1) is 0 Å². The minimum atomic E-state index is -0.607. The zero-order valence-corrected chi connectivity index (χ0v) is 17.2. The number of esters is 1. The third kappa shape index (κ3) is 5.49. The van der Waals surface area contributed by atoms with Crippen LogP contribution in [0.5, 0.6) is 0 Å². The zero-order valence-electron chi connectivity index (χ0n) is 15.6. The van der Waals surface area contributed by atoms with Crippen LogP contribution in [-0.2, 0) is 22.5 Å². The fourth-order valence-corrected chi connectivity index (χ4v) is 3.35. The molecule has 1 aromatic heterocycles. The fraction of sp³-hybridized carbons (Fsp3) is 0.286. The third-order valence-corrected chi connectivity index (χ3v) is 4.78. The van der Waals surface area contributed by atoms with Crippen molar-refractivity contribution in [3.8, 4) is 0 Å². The topological polar surface area (TPSA) is 63.5 Å². The fourth-order valence-electron chi connectivity index (χ4n) is 3.15. The first-order valence-electron chi connectivity index (χ1n) is 8.86. The molecule has 0 aliphatic carbocycles. The Morgan fingerprint density at radius 1 is 1.25 bits per heavy atom. The van der Waals surface area contributed by atoms with Crippen LogP contribution >= 0.6 is 24.0 Å². The van der Waals surface area contributed by atoms with E-state index >= 15 is 0 Å². The van der Waals surface area contributed by atoms with Crippen LogP contribution in [0.25, 0.3) is 10.9 Å². The van der Waals surface area contributed by atoms with Gasteiger partial charge in [-0.2, -0.15) is 0 Å². The number of methoxy groups -OCH3 is 1. The second-order valence-electron chi connectivity index (χ2n) is 6.40. The molecule has 0 aliphatic heterocycles. The summed E-state index contributed by atoms with van der Waals surface area (Å²) in [6.45, 7) is 1.35. The van der Waals surface area contributed by atoms with Gasteiger partial charge in [0, 0.05) is 28.7 Å². The van der Waals surface area contributed by atoms with E-state index in [0.29, 0.717) is 18.1 Å². The molecule has 0 amide bonds. The predicted molar refractivity (Wildman–Crippen MR) is 114 cm³/mol. The summed E-state index contributed by atoms with van der Waals surface area (Å²) in [4.78, 5) is 11.6. The van der Waals surface area contributed by atoms with Crippen molar-refractivity contribution in [2.45, 2.75) is 19.1 Å². The maximum Gasteiger partial charge on any atom is 0.325 e. The molecule has 1 atom stereocenters. The van der Waals surface area contributed by atoms with E-state index in [9.17, 15) is 9.90 Å². The number of aromatic nitrogens is 1. The zero-order chi connectivity index (χ0) is 19.2. The summed E-state index contributed by atoms with van der Waals surface area (Å²) in [7, 11) is 1.39. The van der Waals surface area contributed by atoms with Crippen LogP contribution in [0.4, 0.5) is 0 Å². The lowest BCUT2D eigenvalue weighted by Crippen LogP contribution is -2.23. The Kier molecular flexibility index (Phi) is 8.33. The SMILES string of the molecule is COC(=O)Cn1cc(CCNCC(O)c2cccc(Cl)c2)c2ccccc21.Cl. The maximum absolute atomic E-state index is 11.6. The van der Waals surface area contributed by atoms with E-state index in [0.717, 1.165) is 28.5 Å². The van der Waals surface area contributed by atoms with Crippen molar-refractivity contribution in [2.24, 2.45) is 0 Å². The van der Waals surface area contributed by atoms with Crippen molar-refractivity contribution in [1.29, 1.82) is 0 Å². The molecule has 2 aromatic carbocycles. The summed E-state index contributed by atoms with van der Waals surface area (Å²) in [5.41, 5.74) is 2.96. The molecule has 0 fully saturated rings. The number of para-hydroxylation sites is 1. The molecule has 0 radical (unpaired) electrons. The van der Waals surface area contributed by atoms with Gasteiger partial charge in [-0.1, -0.05) is 41.9 Å². The van der Waals surface area contributed by atoms with E-state index in [2.05, 4.69) is 11.4 Å². The first-order valence-corrected chi connectivity index (χ1v) is 9.24. The van der Waals surface area contributed by atoms with Gasteiger partial charge in [-0.3, -0.25) is 4.79 Å². The van der Waals surface area contributed by atoms with E-state index in [4.69, 9.17) is 16.3 Å². The Morgan fingerprint density at radius 3 is 2.79 bits per heavy atom. The molecular formula is C21H24Cl2N2O3. The average Bonchev–Trinajstić information content (AvgIpc) is 3.02. The van der Waals surface area contributed by atoms with E-state index in [1.54, 1.807) is 12.1 Å². The molecular weight excluding hydrogens is 399 g/mol. The smallest absolute Gasteiger partial charge is 0.325 e. The van der Waals surface area contributed by atoms with Crippen LogP contribution in [0.1, 0.15) is 17.2 Å². The van der Waals surface area contributed by atoms with Gasteiger partial charge >= 0.3 is 5.97 Å². The van der Waals surface area contributed by atoms with E-state index < -0.39 is 6.10 Å². The number of benzene rings is 2. The minimum Gasteiger partial charge on any atom is -0.468 e. The highest BCUT2D eigenvalue weighted by Gasteiger charge is 2.12. The van der Waals surface area contributed by atoms with Crippen molar-refractivity contribution in [3.05, 3.63) is 70.9 Å². The summed E-state index contributed by atoms with van der Waals surface area (Å²) in [5, 5.41) is 15.3. The van der Waals surface area contributed by atoms with E-state index in [-0.39, 0.29) is 24.9 Å². The normalized spacial score (nSPS) is 11.8. The standard InChI is InChI=1S/C21H23ClN2O3.ClH/c1-27-21(26)14-24-13-16(18-7-2-3-8-19(18)24)9-10-23-12-20(25)15-5-4-6-17(22)11-15;/h2-8,11,13,20,23,25H,9-10,12,14H2,1H3;1H. The summed E-state index contributed by atoms with van der Waals surface area (Å²) in [6.07, 6.45) is 2.18. The first kappa shape index (κ1) is 22.2. The highest BCUT2D eigenvalue weighted by atomic mass is 35.5. The number of carbonyl (C=O) groups is 1. The number of fused-ring (bicyclic) bond motifs is 1. The molecule has 28 heavy (non-hydrogen) atoms. The molecule has 150 valence electrons. The van der Waals surface area contributed by atoms with Gasteiger partial charge in [-0.25, -0.2) is 0 Å². The van der Waals surface area contributed by atoms with Crippen LogP contribution in [0.2, 0.25) is 5.02 Å². The maximum atomic E-state index is 11.6. The molecule has 2 N–H and O–H groups in total.